The van der Waals surface area contributed by atoms with Crippen molar-refractivity contribution in [2.75, 3.05) is 19.0 Å². The van der Waals surface area contributed by atoms with Crippen LogP contribution in [0.25, 0.3) is 0 Å². The predicted octanol–water partition coefficient (Wildman–Crippen LogP) is 1.34. The van der Waals surface area contributed by atoms with Gasteiger partial charge in [-0.1, -0.05) is 13.8 Å². The van der Waals surface area contributed by atoms with Crippen LogP contribution in [-0.2, 0) is 9.53 Å². The highest BCUT2D eigenvalue weighted by molar-refractivity contribution is 9.10. The number of carbonyl (C=O) groups excluding carboxylic acids is 2. The molecule has 1 fully saturated rings. The third kappa shape index (κ3) is 5.12. The molecule has 1 aliphatic heterocycles. The van der Waals surface area contributed by atoms with E-state index in [1.807, 2.05) is 13.8 Å². The molecule has 1 aromatic heterocycles. The summed E-state index contributed by atoms with van der Waals surface area (Å²) >= 11 is 3.24. The number of ether oxygens (including phenoxy) is 1. The van der Waals surface area contributed by atoms with Crippen LogP contribution in [0.15, 0.2) is 16.9 Å². The lowest BCUT2D eigenvalue weighted by Crippen LogP contribution is -2.57. The fraction of sp³-hybridized carbons (Fsp3) is 0.625. The summed E-state index contributed by atoms with van der Waals surface area (Å²) < 4.78 is 5.34. The van der Waals surface area contributed by atoms with Crippen LogP contribution in [0.2, 0.25) is 0 Å². The lowest BCUT2D eigenvalue weighted by molar-refractivity contribution is -0.125. The van der Waals surface area contributed by atoms with Crippen molar-refractivity contribution in [3.05, 3.63) is 16.9 Å². The molecule has 0 spiro atoms. The number of nitrogens with one attached hydrogen (secondary N) is 2. The molecule has 2 heterocycles. The molecule has 1 aromatic rings. The second-order valence-corrected chi connectivity index (χ2v) is 7.35. The summed E-state index contributed by atoms with van der Waals surface area (Å²) in [5.74, 6) is -0.139. The largest absolute Gasteiger partial charge is 0.453 e. The average Bonchev–Trinajstić information content (AvgIpc) is 3.10. The predicted molar refractivity (Wildman–Crippen MR) is 98.3 cm³/mol. The number of methoxy groups -OCH3 is 1. The van der Waals surface area contributed by atoms with E-state index in [2.05, 4.69) is 41.3 Å². The highest BCUT2D eigenvalue weighted by Crippen LogP contribution is 2.24. The number of carbonyl (C=O) groups is 2. The fourth-order valence-corrected chi connectivity index (χ4v) is 3.15. The van der Waals surface area contributed by atoms with Gasteiger partial charge in [0.2, 0.25) is 11.9 Å². The van der Waals surface area contributed by atoms with E-state index in [4.69, 9.17) is 0 Å². The van der Waals surface area contributed by atoms with Crippen molar-refractivity contribution >= 4 is 33.9 Å². The van der Waals surface area contributed by atoms with Crippen molar-refractivity contribution < 1.29 is 19.4 Å². The molecule has 1 unspecified atom stereocenters. The molecular formula is C16H24BrN5O4. The summed E-state index contributed by atoms with van der Waals surface area (Å²) in [5.41, 5.74) is 0. The topological polar surface area (TPSA) is 117 Å². The third-order valence-corrected chi connectivity index (χ3v) is 4.71. The number of hydrogen-bond acceptors (Lipinski definition) is 7. The number of hydrogen-bond donors (Lipinski definition) is 3. The number of aliphatic hydroxyl groups is 1. The summed E-state index contributed by atoms with van der Waals surface area (Å²) in [7, 11) is 1.27. The van der Waals surface area contributed by atoms with Gasteiger partial charge in [-0.15, -0.1) is 0 Å². The van der Waals surface area contributed by atoms with Crippen molar-refractivity contribution in [2.45, 2.75) is 45.0 Å². The number of rotatable bonds is 6. The van der Waals surface area contributed by atoms with E-state index in [0.29, 0.717) is 17.4 Å². The molecule has 144 valence electrons. The maximum atomic E-state index is 12.6. The van der Waals surface area contributed by atoms with Crippen molar-refractivity contribution in [2.24, 2.45) is 5.92 Å². The minimum atomic E-state index is -1.02. The Labute approximate surface area is 160 Å². The van der Waals surface area contributed by atoms with Crippen LogP contribution in [0.4, 0.5) is 10.7 Å². The molecular weight excluding hydrogens is 406 g/mol. The first-order chi connectivity index (χ1) is 12.3. The van der Waals surface area contributed by atoms with Gasteiger partial charge in [0, 0.05) is 18.9 Å². The highest BCUT2D eigenvalue weighted by Gasteiger charge is 2.39. The zero-order valence-corrected chi connectivity index (χ0v) is 16.6. The Bertz CT molecular complexity index is 628. The highest BCUT2D eigenvalue weighted by atomic mass is 79.9. The Morgan fingerprint density at radius 1 is 1.38 bits per heavy atom. The third-order valence-electron chi connectivity index (χ3n) is 4.30. The molecule has 3 atom stereocenters. The Morgan fingerprint density at radius 3 is 2.62 bits per heavy atom. The number of alkyl carbamates (subject to hydrolysis) is 1. The number of amides is 2. The summed E-state index contributed by atoms with van der Waals surface area (Å²) in [6.07, 6.45) is 2.81. The van der Waals surface area contributed by atoms with Crippen molar-refractivity contribution in [1.82, 2.24) is 20.2 Å². The van der Waals surface area contributed by atoms with Gasteiger partial charge in [0.05, 0.1) is 23.7 Å². The van der Waals surface area contributed by atoms with Crippen LogP contribution in [0.5, 0.6) is 0 Å². The first kappa shape index (κ1) is 20.5. The lowest BCUT2D eigenvalue weighted by atomic mass is 10.0. The molecule has 3 N–H and O–H groups in total. The molecule has 0 radical (unpaired) electrons. The van der Waals surface area contributed by atoms with E-state index >= 15 is 0 Å². The summed E-state index contributed by atoms with van der Waals surface area (Å²) in [6.45, 7) is 4.31. The van der Waals surface area contributed by atoms with Gasteiger partial charge in [-0.05, 0) is 34.7 Å². The second-order valence-electron chi connectivity index (χ2n) is 6.43. The Morgan fingerprint density at radius 2 is 2.04 bits per heavy atom. The van der Waals surface area contributed by atoms with E-state index in [1.54, 1.807) is 17.3 Å². The van der Waals surface area contributed by atoms with Gasteiger partial charge in [0.25, 0.3) is 0 Å². The van der Waals surface area contributed by atoms with E-state index in [0.717, 1.165) is 6.42 Å². The summed E-state index contributed by atoms with van der Waals surface area (Å²) in [4.78, 5) is 33.9. The molecule has 26 heavy (non-hydrogen) atoms. The lowest BCUT2D eigenvalue weighted by Gasteiger charge is -2.35. The van der Waals surface area contributed by atoms with Gasteiger partial charge in [-0.2, -0.15) is 0 Å². The number of aromatic nitrogens is 2. The number of nitrogens with zero attached hydrogens (tertiary/aromatic N) is 3. The Balaban J connectivity index is 2.07. The maximum absolute atomic E-state index is 12.6. The average molecular weight is 430 g/mol. The van der Waals surface area contributed by atoms with Crippen LogP contribution < -0.4 is 10.6 Å². The SMILES string of the molecule is COC(=O)N[C@@H](C(C)C)C(O)N1CCC[C@H]1C(=O)Nc1ncc(Br)cn1. The number of halogens is 1. The van der Waals surface area contributed by atoms with Crippen LogP contribution in [-0.4, -0.2) is 63.9 Å². The molecule has 1 aliphatic rings. The van der Waals surface area contributed by atoms with Gasteiger partial charge in [0.1, 0.15) is 6.23 Å². The van der Waals surface area contributed by atoms with Gasteiger partial charge in [0.15, 0.2) is 0 Å². The maximum Gasteiger partial charge on any atom is 0.407 e. The molecule has 0 aliphatic carbocycles. The second kappa shape index (κ2) is 9.24. The van der Waals surface area contributed by atoms with Crippen molar-refractivity contribution in [1.29, 1.82) is 0 Å². The first-order valence-electron chi connectivity index (χ1n) is 8.40. The minimum absolute atomic E-state index is 0.0526. The quantitative estimate of drug-likeness (QED) is 0.624. The van der Waals surface area contributed by atoms with Gasteiger partial charge in [-0.25, -0.2) is 14.8 Å². The van der Waals surface area contributed by atoms with Crippen LogP contribution in [0, 0.1) is 5.92 Å². The number of aliphatic hydroxyl groups excluding tert-OH is 1. The summed E-state index contributed by atoms with van der Waals surface area (Å²) in [5, 5.41) is 16.1. The Kier molecular flexibility index (Phi) is 7.30. The minimum Gasteiger partial charge on any atom is -0.453 e. The van der Waals surface area contributed by atoms with E-state index in [-0.39, 0.29) is 17.8 Å². The zero-order chi connectivity index (χ0) is 19.3. The molecule has 0 aromatic carbocycles. The van der Waals surface area contributed by atoms with Crippen LogP contribution in [0.1, 0.15) is 26.7 Å². The normalized spacial score (nSPS) is 19.8. The van der Waals surface area contributed by atoms with E-state index in [1.165, 1.54) is 7.11 Å². The molecule has 0 bridgehead atoms. The van der Waals surface area contributed by atoms with E-state index in [9.17, 15) is 14.7 Å². The molecule has 9 nitrogen and oxygen atoms in total. The Hall–Kier alpha value is -1.78. The van der Waals surface area contributed by atoms with Crippen LogP contribution >= 0.6 is 15.9 Å². The molecule has 2 rings (SSSR count). The van der Waals surface area contributed by atoms with Gasteiger partial charge in [-0.3, -0.25) is 15.0 Å². The van der Waals surface area contributed by atoms with Crippen LogP contribution in [0.3, 0.4) is 0 Å². The molecule has 1 saturated heterocycles. The van der Waals surface area contributed by atoms with Crippen molar-refractivity contribution in [3.63, 3.8) is 0 Å². The first-order valence-corrected chi connectivity index (χ1v) is 9.19. The molecule has 2 amide bonds. The smallest absolute Gasteiger partial charge is 0.407 e. The van der Waals surface area contributed by atoms with Gasteiger partial charge < -0.3 is 15.2 Å². The number of anilines is 1. The zero-order valence-electron chi connectivity index (χ0n) is 15.0. The number of likely N-dealkylation sites (tertiary alicyclic amines) is 1. The molecule has 10 heteroatoms. The van der Waals surface area contributed by atoms with Gasteiger partial charge >= 0.3 is 6.09 Å². The monoisotopic (exact) mass is 429 g/mol. The van der Waals surface area contributed by atoms with Crippen molar-refractivity contribution in [3.8, 4) is 0 Å². The standard InChI is InChI=1S/C16H24BrN5O4/c1-9(2)12(20-16(25)26-3)14(24)22-6-4-5-11(22)13(23)21-15-18-7-10(17)8-19-15/h7-9,11-12,14,24H,4-6H2,1-3H3,(H,20,25)(H,18,19,21,23)/t11-,12-,14?/m0/s1. The molecule has 0 saturated carbocycles. The summed E-state index contributed by atoms with van der Waals surface area (Å²) in [6, 6.07) is -1.10. The fourth-order valence-electron chi connectivity index (χ4n) is 2.94. The van der Waals surface area contributed by atoms with E-state index < -0.39 is 24.4 Å².